The first kappa shape index (κ1) is 14.1. The lowest BCUT2D eigenvalue weighted by atomic mass is 9.91. The molecule has 2 fully saturated rings. The second-order valence-corrected chi connectivity index (χ2v) is 6.48. The Morgan fingerprint density at radius 2 is 1.75 bits per heavy atom. The molecule has 3 heteroatoms. The van der Waals surface area contributed by atoms with Gasteiger partial charge in [0.1, 0.15) is 0 Å². The first-order valence-corrected chi connectivity index (χ1v) is 8.07. The van der Waals surface area contributed by atoms with Gasteiger partial charge in [0, 0.05) is 37.8 Å². The third kappa shape index (κ3) is 3.81. The molecule has 0 amide bonds. The van der Waals surface area contributed by atoms with Gasteiger partial charge in [0.2, 0.25) is 0 Å². The minimum Gasteiger partial charge on any atom is -0.328 e. The molecule has 0 bridgehead atoms. The predicted octanol–water partition coefficient (Wildman–Crippen LogP) is 2.12. The summed E-state index contributed by atoms with van der Waals surface area (Å²) in [4.78, 5) is 2.57. The van der Waals surface area contributed by atoms with E-state index in [4.69, 9.17) is 5.73 Å². The lowest BCUT2D eigenvalue weighted by Crippen LogP contribution is -2.43. The topological polar surface area (TPSA) is 41.3 Å². The largest absolute Gasteiger partial charge is 0.328 e. The van der Waals surface area contributed by atoms with Gasteiger partial charge in [-0.1, -0.05) is 30.3 Å². The van der Waals surface area contributed by atoms with Gasteiger partial charge in [-0.15, -0.1) is 0 Å². The fourth-order valence-corrected chi connectivity index (χ4v) is 3.57. The summed E-state index contributed by atoms with van der Waals surface area (Å²) in [6.07, 6.45) is 6.19. The van der Waals surface area contributed by atoms with E-state index in [2.05, 4.69) is 40.5 Å². The van der Waals surface area contributed by atoms with Gasteiger partial charge in [-0.3, -0.25) is 4.90 Å². The summed E-state index contributed by atoms with van der Waals surface area (Å²) >= 11 is 0. The molecule has 1 saturated heterocycles. The van der Waals surface area contributed by atoms with Crippen molar-refractivity contribution >= 4 is 0 Å². The van der Waals surface area contributed by atoms with Gasteiger partial charge >= 0.3 is 0 Å². The molecular weight excluding hydrogens is 246 g/mol. The normalized spacial score (nSPS) is 31.6. The maximum atomic E-state index is 5.98. The highest BCUT2D eigenvalue weighted by atomic mass is 15.2. The number of nitrogens with two attached hydrogens (primary N) is 1. The van der Waals surface area contributed by atoms with Crippen LogP contribution in [0.3, 0.4) is 0 Å². The molecule has 1 saturated carbocycles. The zero-order valence-electron chi connectivity index (χ0n) is 12.3. The fourth-order valence-electron chi connectivity index (χ4n) is 3.57. The lowest BCUT2D eigenvalue weighted by Gasteiger charge is -2.29. The van der Waals surface area contributed by atoms with Gasteiger partial charge in [0.25, 0.3) is 0 Å². The van der Waals surface area contributed by atoms with Crippen LogP contribution in [-0.4, -0.2) is 36.1 Å². The molecule has 3 rings (SSSR count). The third-order valence-corrected chi connectivity index (χ3v) is 4.76. The molecule has 3 N–H and O–H groups in total. The molecule has 3 nitrogen and oxygen atoms in total. The Kier molecular flexibility index (Phi) is 4.71. The summed E-state index contributed by atoms with van der Waals surface area (Å²) in [5.74, 6) is 0. The highest BCUT2D eigenvalue weighted by Gasteiger charge is 2.26. The molecule has 1 unspecified atom stereocenters. The van der Waals surface area contributed by atoms with E-state index in [-0.39, 0.29) is 0 Å². The molecule has 1 aromatic carbocycles. The van der Waals surface area contributed by atoms with Gasteiger partial charge < -0.3 is 11.1 Å². The summed E-state index contributed by atoms with van der Waals surface area (Å²) in [5, 5.41) is 3.86. The molecule has 20 heavy (non-hydrogen) atoms. The summed E-state index contributed by atoms with van der Waals surface area (Å²) in [5.41, 5.74) is 7.40. The van der Waals surface area contributed by atoms with Crippen molar-refractivity contribution in [1.82, 2.24) is 10.2 Å². The number of hydrogen-bond acceptors (Lipinski definition) is 3. The van der Waals surface area contributed by atoms with Crippen molar-refractivity contribution in [2.75, 3.05) is 13.1 Å². The van der Waals surface area contributed by atoms with Crippen molar-refractivity contribution in [1.29, 1.82) is 0 Å². The Bertz CT molecular complexity index is 398. The van der Waals surface area contributed by atoms with Crippen LogP contribution in [0.5, 0.6) is 0 Å². The third-order valence-electron chi connectivity index (χ3n) is 4.76. The standard InChI is InChI=1S/C17H27N3/c18-15-6-8-16(9-7-15)19-17-10-11-20(13-17)12-14-4-2-1-3-5-14/h1-5,15-17,19H,6-13,18H2. The van der Waals surface area contributed by atoms with Crippen molar-refractivity contribution in [3.8, 4) is 0 Å². The smallest absolute Gasteiger partial charge is 0.0234 e. The molecule has 0 spiro atoms. The van der Waals surface area contributed by atoms with Crippen LogP contribution < -0.4 is 11.1 Å². The van der Waals surface area contributed by atoms with Gasteiger partial charge in [-0.25, -0.2) is 0 Å². The second-order valence-electron chi connectivity index (χ2n) is 6.48. The van der Waals surface area contributed by atoms with Crippen molar-refractivity contribution in [3.05, 3.63) is 35.9 Å². The maximum Gasteiger partial charge on any atom is 0.0234 e. The van der Waals surface area contributed by atoms with Gasteiger partial charge in [-0.05, 0) is 37.7 Å². The van der Waals surface area contributed by atoms with Crippen molar-refractivity contribution < 1.29 is 0 Å². The number of rotatable bonds is 4. The molecular formula is C17H27N3. The Labute approximate surface area is 122 Å². The number of nitrogens with one attached hydrogen (secondary N) is 1. The highest BCUT2D eigenvalue weighted by molar-refractivity contribution is 5.14. The Morgan fingerprint density at radius 1 is 1.00 bits per heavy atom. The van der Waals surface area contributed by atoms with Crippen LogP contribution in [0, 0.1) is 0 Å². The molecule has 1 aliphatic heterocycles. The van der Waals surface area contributed by atoms with E-state index in [1.165, 1.54) is 50.8 Å². The Hall–Kier alpha value is -0.900. The van der Waals surface area contributed by atoms with Gasteiger partial charge in [0.15, 0.2) is 0 Å². The Morgan fingerprint density at radius 3 is 2.50 bits per heavy atom. The first-order valence-electron chi connectivity index (χ1n) is 8.07. The fraction of sp³-hybridized carbons (Fsp3) is 0.647. The monoisotopic (exact) mass is 273 g/mol. The molecule has 2 aliphatic rings. The second kappa shape index (κ2) is 6.70. The van der Waals surface area contributed by atoms with Crippen molar-refractivity contribution in [3.63, 3.8) is 0 Å². The van der Waals surface area contributed by atoms with Crippen LogP contribution in [0.15, 0.2) is 30.3 Å². The van der Waals surface area contributed by atoms with Gasteiger partial charge in [-0.2, -0.15) is 0 Å². The van der Waals surface area contributed by atoms with E-state index in [1.54, 1.807) is 0 Å². The molecule has 1 aliphatic carbocycles. The molecule has 1 atom stereocenters. The average Bonchev–Trinajstić information content (AvgIpc) is 2.90. The summed E-state index contributed by atoms with van der Waals surface area (Å²) in [6, 6.07) is 12.6. The van der Waals surface area contributed by atoms with Crippen LogP contribution in [0.2, 0.25) is 0 Å². The van der Waals surface area contributed by atoms with E-state index < -0.39 is 0 Å². The van der Waals surface area contributed by atoms with Crippen molar-refractivity contribution in [2.45, 2.75) is 56.8 Å². The SMILES string of the molecule is NC1CCC(NC2CCN(Cc3ccccc3)C2)CC1. The summed E-state index contributed by atoms with van der Waals surface area (Å²) in [6.45, 7) is 3.50. The lowest BCUT2D eigenvalue weighted by molar-refractivity contribution is 0.290. The number of benzene rings is 1. The number of likely N-dealkylation sites (tertiary alicyclic amines) is 1. The van der Waals surface area contributed by atoms with Crippen LogP contribution in [0.1, 0.15) is 37.7 Å². The Balaban J connectivity index is 1.43. The van der Waals surface area contributed by atoms with Crippen LogP contribution >= 0.6 is 0 Å². The summed E-state index contributed by atoms with van der Waals surface area (Å²) in [7, 11) is 0. The molecule has 0 aromatic heterocycles. The van der Waals surface area contributed by atoms with Crippen LogP contribution in [0.4, 0.5) is 0 Å². The van der Waals surface area contributed by atoms with E-state index in [0.29, 0.717) is 18.1 Å². The first-order chi connectivity index (χ1) is 9.79. The van der Waals surface area contributed by atoms with Crippen molar-refractivity contribution in [2.24, 2.45) is 5.73 Å². The van der Waals surface area contributed by atoms with E-state index in [0.717, 1.165) is 6.54 Å². The zero-order chi connectivity index (χ0) is 13.8. The predicted molar refractivity (Wildman–Crippen MR) is 83.5 cm³/mol. The minimum atomic E-state index is 0.450. The molecule has 1 aromatic rings. The summed E-state index contributed by atoms with van der Waals surface area (Å²) < 4.78 is 0. The quantitative estimate of drug-likeness (QED) is 0.883. The zero-order valence-corrected chi connectivity index (χ0v) is 12.3. The van der Waals surface area contributed by atoms with Crippen LogP contribution in [-0.2, 0) is 6.54 Å². The number of nitrogens with zero attached hydrogens (tertiary/aromatic N) is 1. The molecule has 110 valence electrons. The average molecular weight is 273 g/mol. The van der Waals surface area contributed by atoms with Gasteiger partial charge in [0.05, 0.1) is 0 Å². The maximum absolute atomic E-state index is 5.98. The molecule has 0 radical (unpaired) electrons. The highest BCUT2D eigenvalue weighted by Crippen LogP contribution is 2.20. The minimum absolute atomic E-state index is 0.450. The van der Waals surface area contributed by atoms with E-state index in [9.17, 15) is 0 Å². The van der Waals surface area contributed by atoms with Crippen LogP contribution in [0.25, 0.3) is 0 Å². The number of hydrogen-bond donors (Lipinski definition) is 2. The van der Waals surface area contributed by atoms with E-state index in [1.807, 2.05) is 0 Å². The molecule has 1 heterocycles. The van der Waals surface area contributed by atoms with E-state index >= 15 is 0 Å².